The fraction of sp³-hybridized carbons (Fsp3) is 0.438. The number of nitrogens with one attached hydrogen (secondary N) is 1. The number of fused-ring (bicyclic) bond motifs is 1. The minimum Gasteiger partial charge on any atom is -0.346 e. The van der Waals surface area contributed by atoms with Gasteiger partial charge in [0.25, 0.3) is 0 Å². The highest BCUT2D eigenvalue weighted by Gasteiger charge is 2.39. The van der Waals surface area contributed by atoms with E-state index in [-0.39, 0.29) is 0 Å². The van der Waals surface area contributed by atoms with Crippen LogP contribution in [0.2, 0.25) is 0 Å². The summed E-state index contributed by atoms with van der Waals surface area (Å²) in [6.45, 7) is 2.26. The number of nitrogens with zero attached hydrogens (tertiary/aromatic N) is 2. The molecule has 2 aliphatic rings. The van der Waals surface area contributed by atoms with Crippen molar-refractivity contribution in [2.45, 2.75) is 19.3 Å². The predicted octanol–water partition coefficient (Wildman–Crippen LogP) is 3.06. The van der Waals surface area contributed by atoms with Crippen molar-refractivity contribution in [3.63, 3.8) is 0 Å². The first-order chi connectivity index (χ1) is 9.26. The van der Waals surface area contributed by atoms with Gasteiger partial charge < -0.3 is 9.88 Å². The highest BCUT2D eigenvalue weighted by Crippen LogP contribution is 2.47. The Kier molecular flexibility index (Phi) is 2.33. The standard InChI is InChI=1S/C16H19N3/c1-19-10-12(8-16(11-19)5-3-6-16)14-9-18-15-13(14)4-2-7-17-15/h2,4,7-9H,3,5-6,10-11H2,1H3,(H,17,18). The number of hydrogen-bond donors (Lipinski definition) is 1. The van der Waals surface area contributed by atoms with Gasteiger partial charge in [-0.05, 0) is 37.6 Å². The molecule has 0 atom stereocenters. The van der Waals surface area contributed by atoms with Crippen molar-refractivity contribution in [2.24, 2.45) is 5.41 Å². The van der Waals surface area contributed by atoms with Crippen LogP contribution in [0.15, 0.2) is 30.6 Å². The van der Waals surface area contributed by atoms with Crippen molar-refractivity contribution in [1.82, 2.24) is 14.9 Å². The lowest BCUT2D eigenvalue weighted by Gasteiger charge is -2.46. The van der Waals surface area contributed by atoms with Crippen LogP contribution < -0.4 is 0 Å². The number of hydrogen-bond acceptors (Lipinski definition) is 2. The van der Waals surface area contributed by atoms with E-state index >= 15 is 0 Å². The summed E-state index contributed by atoms with van der Waals surface area (Å²) in [7, 11) is 2.24. The third-order valence-corrected chi connectivity index (χ3v) is 4.65. The summed E-state index contributed by atoms with van der Waals surface area (Å²) in [4.78, 5) is 10.1. The molecule has 2 aromatic heterocycles. The minimum atomic E-state index is 0.453. The molecule has 0 aromatic carbocycles. The predicted molar refractivity (Wildman–Crippen MR) is 77.9 cm³/mol. The molecule has 98 valence electrons. The number of H-pyrrole nitrogens is 1. The van der Waals surface area contributed by atoms with Gasteiger partial charge in [-0.2, -0.15) is 0 Å². The fourth-order valence-electron chi connectivity index (χ4n) is 3.66. The molecule has 0 bridgehead atoms. The summed E-state index contributed by atoms with van der Waals surface area (Å²) < 4.78 is 0. The molecule has 0 amide bonds. The number of likely N-dealkylation sites (N-methyl/N-ethyl adjacent to an activating group) is 1. The molecular formula is C16H19N3. The zero-order chi connectivity index (χ0) is 12.9. The lowest BCUT2D eigenvalue weighted by Crippen LogP contribution is -2.43. The number of aromatic nitrogens is 2. The molecule has 2 aromatic rings. The molecule has 1 N–H and O–H groups in total. The van der Waals surface area contributed by atoms with Crippen LogP contribution in [0, 0.1) is 5.41 Å². The Balaban J connectivity index is 1.82. The maximum atomic E-state index is 4.39. The number of rotatable bonds is 1. The van der Waals surface area contributed by atoms with E-state index < -0.39 is 0 Å². The van der Waals surface area contributed by atoms with E-state index in [1.54, 1.807) is 0 Å². The number of aromatic amines is 1. The monoisotopic (exact) mass is 253 g/mol. The molecule has 0 radical (unpaired) electrons. The van der Waals surface area contributed by atoms with Gasteiger partial charge in [-0.15, -0.1) is 0 Å². The largest absolute Gasteiger partial charge is 0.346 e. The molecule has 1 fully saturated rings. The van der Waals surface area contributed by atoms with Gasteiger partial charge in [0.1, 0.15) is 5.65 Å². The SMILES string of the molecule is CN1CC(c2c[nH]c3ncccc23)=CC2(CCC2)C1. The highest BCUT2D eigenvalue weighted by atomic mass is 15.1. The summed E-state index contributed by atoms with van der Waals surface area (Å²) in [5, 5.41) is 1.25. The second-order valence-electron chi connectivity index (χ2n) is 6.16. The van der Waals surface area contributed by atoms with E-state index in [1.165, 1.54) is 42.3 Å². The normalized spacial score (nSPS) is 22.5. The van der Waals surface area contributed by atoms with Crippen LogP contribution in [0.4, 0.5) is 0 Å². The topological polar surface area (TPSA) is 31.9 Å². The van der Waals surface area contributed by atoms with E-state index in [9.17, 15) is 0 Å². The minimum absolute atomic E-state index is 0.453. The van der Waals surface area contributed by atoms with Gasteiger partial charge in [0, 0.05) is 41.8 Å². The Hall–Kier alpha value is -1.61. The summed E-state index contributed by atoms with van der Waals surface area (Å²) >= 11 is 0. The average molecular weight is 253 g/mol. The third kappa shape index (κ3) is 1.72. The first kappa shape index (κ1) is 11.2. The summed E-state index contributed by atoms with van der Waals surface area (Å²) in [5.74, 6) is 0. The third-order valence-electron chi connectivity index (χ3n) is 4.65. The summed E-state index contributed by atoms with van der Waals surface area (Å²) in [5.41, 5.74) is 4.25. The smallest absolute Gasteiger partial charge is 0.137 e. The van der Waals surface area contributed by atoms with E-state index in [4.69, 9.17) is 0 Å². The van der Waals surface area contributed by atoms with Crippen molar-refractivity contribution in [1.29, 1.82) is 0 Å². The fourth-order valence-corrected chi connectivity index (χ4v) is 3.66. The first-order valence-electron chi connectivity index (χ1n) is 7.09. The van der Waals surface area contributed by atoms with Crippen LogP contribution >= 0.6 is 0 Å². The van der Waals surface area contributed by atoms with Gasteiger partial charge in [0.15, 0.2) is 0 Å². The lowest BCUT2D eigenvalue weighted by molar-refractivity contribution is 0.129. The Labute approximate surface area is 113 Å². The van der Waals surface area contributed by atoms with E-state index in [0.717, 1.165) is 12.2 Å². The second kappa shape index (κ2) is 3.94. The van der Waals surface area contributed by atoms with E-state index in [0.29, 0.717) is 5.41 Å². The van der Waals surface area contributed by atoms with E-state index in [1.807, 2.05) is 12.3 Å². The van der Waals surface area contributed by atoms with Crippen LogP contribution in [-0.4, -0.2) is 35.0 Å². The molecule has 3 heteroatoms. The highest BCUT2D eigenvalue weighted by molar-refractivity contribution is 5.91. The van der Waals surface area contributed by atoms with E-state index in [2.05, 4.69) is 40.3 Å². The Morgan fingerprint density at radius 3 is 3.05 bits per heavy atom. The van der Waals surface area contributed by atoms with Gasteiger partial charge in [0.05, 0.1) is 0 Å². The van der Waals surface area contributed by atoms with Crippen molar-refractivity contribution >= 4 is 16.6 Å². The zero-order valence-electron chi connectivity index (χ0n) is 11.3. The Bertz CT molecular complexity index is 649. The van der Waals surface area contributed by atoms with Gasteiger partial charge in [-0.1, -0.05) is 12.5 Å². The molecule has 3 nitrogen and oxygen atoms in total. The van der Waals surface area contributed by atoms with Gasteiger partial charge in [-0.25, -0.2) is 4.98 Å². The summed E-state index contributed by atoms with van der Waals surface area (Å²) in [6, 6.07) is 4.18. The number of pyridine rings is 1. The van der Waals surface area contributed by atoms with Gasteiger partial charge in [-0.3, -0.25) is 0 Å². The molecule has 1 aliphatic heterocycles. The Morgan fingerprint density at radius 2 is 2.26 bits per heavy atom. The summed E-state index contributed by atoms with van der Waals surface area (Å²) in [6.07, 6.45) is 10.6. The quantitative estimate of drug-likeness (QED) is 0.847. The van der Waals surface area contributed by atoms with Crippen LogP contribution in [0.3, 0.4) is 0 Å². The molecule has 0 unspecified atom stereocenters. The lowest BCUT2D eigenvalue weighted by atomic mass is 9.66. The van der Waals surface area contributed by atoms with Crippen LogP contribution in [-0.2, 0) is 0 Å². The van der Waals surface area contributed by atoms with Crippen molar-refractivity contribution in [2.75, 3.05) is 20.1 Å². The molecule has 3 heterocycles. The van der Waals surface area contributed by atoms with Crippen LogP contribution in [0.1, 0.15) is 24.8 Å². The molecule has 19 heavy (non-hydrogen) atoms. The Morgan fingerprint density at radius 1 is 1.37 bits per heavy atom. The molecule has 0 saturated heterocycles. The van der Waals surface area contributed by atoms with Crippen molar-refractivity contribution in [3.05, 3.63) is 36.2 Å². The van der Waals surface area contributed by atoms with Crippen LogP contribution in [0.5, 0.6) is 0 Å². The zero-order valence-corrected chi connectivity index (χ0v) is 11.3. The molecule has 1 aliphatic carbocycles. The molecular weight excluding hydrogens is 234 g/mol. The molecule has 1 spiro atoms. The van der Waals surface area contributed by atoms with Gasteiger partial charge >= 0.3 is 0 Å². The van der Waals surface area contributed by atoms with Crippen molar-refractivity contribution in [3.8, 4) is 0 Å². The van der Waals surface area contributed by atoms with Crippen LogP contribution in [0.25, 0.3) is 16.6 Å². The van der Waals surface area contributed by atoms with Crippen molar-refractivity contribution < 1.29 is 0 Å². The average Bonchev–Trinajstić information content (AvgIpc) is 2.80. The first-order valence-corrected chi connectivity index (χ1v) is 7.09. The molecule has 1 saturated carbocycles. The van der Waals surface area contributed by atoms with Gasteiger partial charge in [0.2, 0.25) is 0 Å². The molecule has 4 rings (SSSR count). The second-order valence-corrected chi connectivity index (χ2v) is 6.16. The maximum absolute atomic E-state index is 4.39. The maximum Gasteiger partial charge on any atom is 0.137 e.